The maximum atomic E-state index is 11.6. The highest BCUT2D eigenvalue weighted by Gasteiger charge is 2.14. The number of hydrogen-bond acceptors (Lipinski definition) is 4. The number of thiophene rings is 1. The number of anilines is 1. The van der Waals surface area contributed by atoms with Crippen molar-refractivity contribution in [2.75, 3.05) is 5.32 Å². The number of rotatable bonds is 4. The summed E-state index contributed by atoms with van der Waals surface area (Å²) in [5.74, 6) is -0.982. The first-order valence-electron chi connectivity index (χ1n) is 7.12. The summed E-state index contributed by atoms with van der Waals surface area (Å²) in [5, 5.41) is 16.0. The van der Waals surface area contributed by atoms with Gasteiger partial charge >= 0.3 is 5.97 Å². The fourth-order valence-electron chi connectivity index (χ4n) is 2.68. The van der Waals surface area contributed by atoms with Gasteiger partial charge in [-0.25, -0.2) is 9.78 Å². The minimum Gasteiger partial charge on any atom is -0.476 e. The first-order valence-corrected chi connectivity index (χ1v) is 8.00. The molecule has 0 bridgehead atoms. The van der Waals surface area contributed by atoms with Crippen molar-refractivity contribution in [3.05, 3.63) is 65.4 Å². The van der Waals surface area contributed by atoms with Gasteiger partial charge in [0.2, 0.25) is 0 Å². The van der Waals surface area contributed by atoms with E-state index in [4.69, 9.17) is 0 Å². The first-order chi connectivity index (χ1) is 11.2. The van der Waals surface area contributed by atoms with Gasteiger partial charge in [-0.3, -0.25) is 4.40 Å². The normalized spacial score (nSPS) is 11.1. The zero-order valence-electron chi connectivity index (χ0n) is 12.1. The van der Waals surface area contributed by atoms with Gasteiger partial charge in [0.05, 0.1) is 5.69 Å². The lowest BCUT2D eigenvalue weighted by molar-refractivity contribution is 0.0690. The summed E-state index contributed by atoms with van der Waals surface area (Å²) in [4.78, 5) is 15.7. The monoisotopic (exact) mass is 323 g/mol. The first kappa shape index (κ1) is 13.8. The largest absolute Gasteiger partial charge is 0.476 e. The third-order valence-electron chi connectivity index (χ3n) is 3.77. The number of fused-ring (bicyclic) bond motifs is 2. The Morgan fingerprint density at radius 2 is 2.17 bits per heavy atom. The van der Waals surface area contributed by atoms with Gasteiger partial charge in [-0.05, 0) is 46.7 Å². The number of nitrogens with zero attached hydrogens (tertiary/aromatic N) is 2. The molecule has 3 aromatic heterocycles. The van der Waals surface area contributed by atoms with Crippen LogP contribution < -0.4 is 5.32 Å². The Balaban J connectivity index is 1.66. The minimum atomic E-state index is -0.982. The zero-order chi connectivity index (χ0) is 15.8. The summed E-state index contributed by atoms with van der Waals surface area (Å²) in [7, 11) is 0. The number of nitrogens with one attached hydrogen (secondary N) is 1. The van der Waals surface area contributed by atoms with Crippen LogP contribution in [0, 0.1) is 0 Å². The molecule has 0 aliphatic heterocycles. The van der Waals surface area contributed by atoms with Gasteiger partial charge in [-0.1, -0.05) is 6.07 Å². The van der Waals surface area contributed by atoms with Gasteiger partial charge in [-0.15, -0.1) is 11.3 Å². The van der Waals surface area contributed by atoms with E-state index in [2.05, 4.69) is 39.9 Å². The van der Waals surface area contributed by atoms with Crippen LogP contribution in [0.1, 0.15) is 16.1 Å². The summed E-state index contributed by atoms with van der Waals surface area (Å²) in [6, 6.07) is 11.9. The highest BCUT2D eigenvalue weighted by atomic mass is 32.1. The molecule has 0 saturated carbocycles. The molecule has 2 N–H and O–H groups in total. The molecule has 0 saturated heterocycles. The van der Waals surface area contributed by atoms with Gasteiger partial charge in [0, 0.05) is 23.6 Å². The molecule has 0 radical (unpaired) electrons. The third kappa shape index (κ3) is 2.43. The van der Waals surface area contributed by atoms with E-state index in [1.54, 1.807) is 40.3 Å². The van der Waals surface area contributed by atoms with E-state index in [-0.39, 0.29) is 5.69 Å². The van der Waals surface area contributed by atoms with Gasteiger partial charge in [-0.2, -0.15) is 0 Å². The van der Waals surface area contributed by atoms with Crippen LogP contribution in [0.3, 0.4) is 0 Å². The molecule has 114 valence electrons. The molecule has 23 heavy (non-hydrogen) atoms. The van der Waals surface area contributed by atoms with Crippen LogP contribution >= 0.6 is 11.3 Å². The Hall–Kier alpha value is -2.86. The van der Waals surface area contributed by atoms with Crippen molar-refractivity contribution in [1.29, 1.82) is 0 Å². The van der Waals surface area contributed by atoms with E-state index in [0.717, 1.165) is 5.56 Å². The van der Waals surface area contributed by atoms with Crippen molar-refractivity contribution >= 4 is 38.7 Å². The van der Waals surface area contributed by atoms with Crippen LogP contribution in [-0.4, -0.2) is 20.5 Å². The third-order valence-corrected chi connectivity index (χ3v) is 4.66. The Bertz CT molecular complexity index is 1020. The predicted molar refractivity (Wildman–Crippen MR) is 91.3 cm³/mol. The van der Waals surface area contributed by atoms with Crippen molar-refractivity contribution in [3.63, 3.8) is 0 Å². The van der Waals surface area contributed by atoms with Crippen LogP contribution in [0.25, 0.3) is 15.7 Å². The molecule has 0 spiro atoms. The SMILES string of the molecule is O=C(O)c1c(NCc2ccc3sccc3c2)ccc2nccn12. The minimum absolute atomic E-state index is 0.191. The number of carboxylic acid groups (broad SMARTS) is 1. The average molecular weight is 323 g/mol. The van der Waals surface area contributed by atoms with Crippen LogP contribution in [0.2, 0.25) is 0 Å². The Kier molecular flexibility index (Phi) is 3.24. The molecule has 0 fully saturated rings. The number of benzene rings is 1. The van der Waals surface area contributed by atoms with E-state index in [1.165, 1.54) is 10.1 Å². The van der Waals surface area contributed by atoms with Gasteiger partial charge in [0.25, 0.3) is 0 Å². The number of carboxylic acids is 1. The summed E-state index contributed by atoms with van der Waals surface area (Å²) in [6.45, 7) is 0.562. The quantitative estimate of drug-likeness (QED) is 0.598. The molecule has 0 aliphatic carbocycles. The van der Waals surface area contributed by atoms with Crippen molar-refractivity contribution in [2.24, 2.45) is 0 Å². The number of pyridine rings is 1. The van der Waals surface area contributed by atoms with Crippen LogP contribution in [-0.2, 0) is 6.54 Å². The number of aromatic carboxylic acids is 1. The molecule has 4 aromatic rings. The van der Waals surface area contributed by atoms with Crippen LogP contribution in [0.15, 0.2) is 54.2 Å². The van der Waals surface area contributed by atoms with E-state index in [0.29, 0.717) is 17.9 Å². The molecule has 0 amide bonds. The van der Waals surface area contributed by atoms with E-state index < -0.39 is 5.97 Å². The fourth-order valence-corrected chi connectivity index (χ4v) is 3.45. The standard InChI is InChI=1S/C17H13N3O2S/c21-17(22)16-13(2-4-15-18-6-7-20(15)16)19-10-11-1-3-14-12(9-11)5-8-23-14/h1-9,19H,10H2,(H,21,22). The Morgan fingerprint density at radius 3 is 3.04 bits per heavy atom. The van der Waals surface area contributed by atoms with E-state index in [9.17, 15) is 9.90 Å². The van der Waals surface area contributed by atoms with Crippen LogP contribution in [0.4, 0.5) is 5.69 Å². The van der Waals surface area contributed by atoms with Crippen molar-refractivity contribution in [2.45, 2.75) is 6.54 Å². The molecule has 5 nitrogen and oxygen atoms in total. The second kappa shape index (κ2) is 5.40. The topological polar surface area (TPSA) is 66.6 Å². The lowest BCUT2D eigenvalue weighted by Gasteiger charge is -2.11. The second-order valence-corrected chi connectivity index (χ2v) is 6.15. The average Bonchev–Trinajstić information content (AvgIpc) is 3.19. The predicted octanol–water partition coefficient (Wildman–Crippen LogP) is 3.86. The summed E-state index contributed by atoms with van der Waals surface area (Å²) in [5.41, 5.74) is 2.50. The zero-order valence-corrected chi connectivity index (χ0v) is 12.9. The molecular weight excluding hydrogens is 310 g/mol. The maximum absolute atomic E-state index is 11.6. The highest BCUT2D eigenvalue weighted by molar-refractivity contribution is 7.17. The van der Waals surface area contributed by atoms with Crippen LogP contribution in [0.5, 0.6) is 0 Å². The maximum Gasteiger partial charge on any atom is 0.355 e. The Labute approximate surface area is 135 Å². The van der Waals surface area contributed by atoms with Gasteiger partial charge < -0.3 is 10.4 Å². The fraction of sp³-hybridized carbons (Fsp3) is 0.0588. The van der Waals surface area contributed by atoms with Gasteiger partial charge in [0.1, 0.15) is 5.65 Å². The van der Waals surface area contributed by atoms with E-state index >= 15 is 0 Å². The second-order valence-electron chi connectivity index (χ2n) is 5.20. The Morgan fingerprint density at radius 1 is 1.26 bits per heavy atom. The molecule has 1 aromatic carbocycles. The summed E-state index contributed by atoms with van der Waals surface area (Å²) >= 11 is 1.71. The lowest BCUT2D eigenvalue weighted by atomic mass is 10.1. The van der Waals surface area contributed by atoms with Crippen molar-refractivity contribution in [1.82, 2.24) is 9.38 Å². The number of carbonyl (C=O) groups is 1. The van der Waals surface area contributed by atoms with Gasteiger partial charge in [0.15, 0.2) is 5.69 Å². The molecule has 4 rings (SSSR count). The lowest BCUT2D eigenvalue weighted by Crippen LogP contribution is -2.11. The number of hydrogen-bond donors (Lipinski definition) is 2. The smallest absolute Gasteiger partial charge is 0.355 e. The molecule has 0 aliphatic rings. The molecule has 3 heterocycles. The summed E-state index contributed by atoms with van der Waals surface area (Å²) in [6.07, 6.45) is 3.25. The van der Waals surface area contributed by atoms with E-state index in [1.807, 2.05) is 0 Å². The summed E-state index contributed by atoms with van der Waals surface area (Å²) < 4.78 is 2.83. The number of imidazole rings is 1. The van der Waals surface area contributed by atoms with Crippen molar-refractivity contribution < 1.29 is 9.90 Å². The van der Waals surface area contributed by atoms with Crippen molar-refractivity contribution in [3.8, 4) is 0 Å². The molecule has 0 unspecified atom stereocenters. The molecular formula is C17H13N3O2S. The molecule has 6 heteroatoms. The molecule has 0 atom stereocenters. The highest BCUT2D eigenvalue weighted by Crippen LogP contribution is 2.23. The number of aromatic nitrogens is 2.